The Bertz CT molecular complexity index is 316. The zero-order valence-corrected chi connectivity index (χ0v) is 7.99. The molecule has 0 aliphatic carbocycles. The molecule has 70 valence electrons. The minimum Gasteiger partial charge on any atom is -0.507 e. The number of hydrogen-bond acceptors (Lipinski definition) is 2. The summed E-state index contributed by atoms with van der Waals surface area (Å²) in [7, 11) is 0. The number of phenolic OH excluding ortho intramolecular Hbond substituents is 1. The van der Waals surface area contributed by atoms with Crippen LogP contribution < -0.4 is 5.73 Å². The molecule has 0 aromatic heterocycles. The van der Waals surface area contributed by atoms with E-state index in [1.807, 2.05) is 32.1 Å². The van der Waals surface area contributed by atoms with Gasteiger partial charge in [0.1, 0.15) is 5.75 Å². The second-order valence-corrected chi connectivity index (χ2v) is 3.23. The molecule has 2 nitrogen and oxygen atoms in total. The molecule has 0 fully saturated rings. The smallest absolute Gasteiger partial charge is 0.123 e. The third-order valence-electron chi connectivity index (χ3n) is 1.84. The van der Waals surface area contributed by atoms with Gasteiger partial charge in [0.2, 0.25) is 0 Å². The van der Waals surface area contributed by atoms with E-state index in [-0.39, 0.29) is 6.04 Å². The Morgan fingerprint density at radius 3 is 2.62 bits per heavy atom. The largest absolute Gasteiger partial charge is 0.507 e. The van der Waals surface area contributed by atoms with Crippen molar-refractivity contribution >= 4 is 5.57 Å². The van der Waals surface area contributed by atoms with Crippen molar-refractivity contribution in [3.8, 4) is 5.75 Å². The van der Waals surface area contributed by atoms with Crippen LogP contribution in [-0.2, 0) is 0 Å². The second-order valence-electron chi connectivity index (χ2n) is 3.23. The van der Waals surface area contributed by atoms with Gasteiger partial charge in [0.05, 0.1) is 0 Å². The highest BCUT2D eigenvalue weighted by atomic mass is 16.3. The standard InChI is InChI=1S/C11H15NO/c1-8(7-9(2)12)10-5-3-4-6-11(10)13/h3-7,9,13H,12H2,1-2H3/b8-7+/t9-/m1/s1. The van der Waals surface area contributed by atoms with Crippen LogP contribution in [0.4, 0.5) is 0 Å². The van der Waals surface area contributed by atoms with Gasteiger partial charge in [-0.15, -0.1) is 0 Å². The predicted molar refractivity (Wildman–Crippen MR) is 55.4 cm³/mol. The Morgan fingerprint density at radius 2 is 2.08 bits per heavy atom. The van der Waals surface area contributed by atoms with Gasteiger partial charge >= 0.3 is 0 Å². The molecule has 0 heterocycles. The average Bonchev–Trinajstić information content (AvgIpc) is 2.03. The molecule has 0 saturated heterocycles. The van der Waals surface area contributed by atoms with Crippen molar-refractivity contribution in [2.75, 3.05) is 0 Å². The lowest BCUT2D eigenvalue weighted by Gasteiger charge is -2.05. The van der Waals surface area contributed by atoms with E-state index in [0.29, 0.717) is 5.75 Å². The molecule has 1 atom stereocenters. The number of phenols is 1. The Balaban J connectivity index is 3.02. The molecule has 0 unspecified atom stereocenters. The van der Waals surface area contributed by atoms with Gasteiger partial charge in [0.25, 0.3) is 0 Å². The predicted octanol–water partition coefficient (Wildman–Crippen LogP) is 2.14. The first-order valence-corrected chi connectivity index (χ1v) is 4.33. The molecule has 0 aliphatic heterocycles. The molecule has 13 heavy (non-hydrogen) atoms. The normalized spacial score (nSPS) is 14.2. The van der Waals surface area contributed by atoms with Gasteiger partial charge in [-0.2, -0.15) is 0 Å². The maximum Gasteiger partial charge on any atom is 0.123 e. The highest BCUT2D eigenvalue weighted by Crippen LogP contribution is 2.23. The Labute approximate surface area is 78.7 Å². The van der Waals surface area contributed by atoms with Crippen LogP contribution in [0.25, 0.3) is 5.57 Å². The fourth-order valence-electron chi connectivity index (χ4n) is 1.29. The summed E-state index contributed by atoms with van der Waals surface area (Å²) in [6, 6.07) is 7.27. The van der Waals surface area contributed by atoms with E-state index >= 15 is 0 Å². The van der Waals surface area contributed by atoms with Crippen LogP contribution in [0.3, 0.4) is 0 Å². The third kappa shape index (κ3) is 2.60. The van der Waals surface area contributed by atoms with Crippen LogP contribution >= 0.6 is 0 Å². The quantitative estimate of drug-likeness (QED) is 0.727. The van der Waals surface area contributed by atoms with Gasteiger partial charge in [0.15, 0.2) is 0 Å². The van der Waals surface area contributed by atoms with Crippen molar-refractivity contribution in [3.63, 3.8) is 0 Å². The maximum atomic E-state index is 9.51. The maximum absolute atomic E-state index is 9.51. The number of allylic oxidation sites excluding steroid dienone is 1. The van der Waals surface area contributed by atoms with Gasteiger partial charge in [0, 0.05) is 11.6 Å². The van der Waals surface area contributed by atoms with Crippen LogP contribution in [0.2, 0.25) is 0 Å². The first-order valence-electron chi connectivity index (χ1n) is 4.33. The molecular weight excluding hydrogens is 162 g/mol. The molecule has 2 heteroatoms. The fraction of sp³-hybridized carbons (Fsp3) is 0.273. The topological polar surface area (TPSA) is 46.2 Å². The van der Waals surface area contributed by atoms with Crippen LogP contribution in [-0.4, -0.2) is 11.1 Å². The van der Waals surface area contributed by atoms with E-state index < -0.39 is 0 Å². The summed E-state index contributed by atoms with van der Waals surface area (Å²) in [6.45, 7) is 3.85. The van der Waals surface area contributed by atoms with E-state index in [1.54, 1.807) is 12.1 Å². The molecule has 3 N–H and O–H groups in total. The van der Waals surface area contributed by atoms with Crippen molar-refractivity contribution in [2.24, 2.45) is 5.73 Å². The van der Waals surface area contributed by atoms with Gasteiger partial charge in [-0.1, -0.05) is 24.3 Å². The zero-order chi connectivity index (χ0) is 9.84. The monoisotopic (exact) mass is 177 g/mol. The SMILES string of the molecule is C/C(=C\[C@@H](C)N)c1ccccc1O. The highest BCUT2D eigenvalue weighted by molar-refractivity contribution is 5.68. The molecule has 0 saturated carbocycles. The minimum absolute atomic E-state index is 0.0135. The molecule has 0 radical (unpaired) electrons. The lowest BCUT2D eigenvalue weighted by Crippen LogP contribution is -2.11. The average molecular weight is 177 g/mol. The van der Waals surface area contributed by atoms with Crippen LogP contribution in [0.5, 0.6) is 5.75 Å². The Hall–Kier alpha value is -1.28. The summed E-state index contributed by atoms with van der Waals surface area (Å²) < 4.78 is 0. The van der Waals surface area contributed by atoms with Gasteiger partial charge in [-0.25, -0.2) is 0 Å². The highest BCUT2D eigenvalue weighted by Gasteiger charge is 2.01. The molecule has 0 bridgehead atoms. The number of hydrogen-bond donors (Lipinski definition) is 2. The van der Waals surface area contributed by atoms with E-state index in [1.165, 1.54) is 0 Å². The van der Waals surface area contributed by atoms with Crippen molar-refractivity contribution in [1.29, 1.82) is 0 Å². The van der Waals surface area contributed by atoms with Crippen molar-refractivity contribution in [2.45, 2.75) is 19.9 Å². The third-order valence-corrected chi connectivity index (χ3v) is 1.84. The summed E-state index contributed by atoms with van der Waals surface area (Å²) in [5, 5.41) is 9.51. The lowest BCUT2D eigenvalue weighted by atomic mass is 10.0. The number of para-hydroxylation sites is 1. The molecule has 1 aromatic rings. The van der Waals surface area contributed by atoms with Crippen LogP contribution in [0.15, 0.2) is 30.3 Å². The molecule has 0 amide bonds. The lowest BCUT2D eigenvalue weighted by molar-refractivity contribution is 0.473. The molecule has 0 aliphatic rings. The zero-order valence-electron chi connectivity index (χ0n) is 7.99. The second kappa shape index (κ2) is 4.10. The van der Waals surface area contributed by atoms with Gasteiger partial charge in [-0.3, -0.25) is 0 Å². The van der Waals surface area contributed by atoms with Crippen molar-refractivity contribution in [3.05, 3.63) is 35.9 Å². The minimum atomic E-state index is 0.0135. The Morgan fingerprint density at radius 1 is 1.46 bits per heavy atom. The summed E-state index contributed by atoms with van der Waals surface area (Å²) in [5.41, 5.74) is 7.48. The van der Waals surface area contributed by atoms with Crippen LogP contribution in [0, 0.1) is 0 Å². The molecule has 1 rings (SSSR count). The Kier molecular flexibility index (Phi) is 3.09. The molecule has 1 aromatic carbocycles. The summed E-state index contributed by atoms with van der Waals surface area (Å²) in [4.78, 5) is 0. The van der Waals surface area contributed by atoms with Gasteiger partial charge in [-0.05, 0) is 25.5 Å². The first-order chi connectivity index (χ1) is 6.11. The van der Waals surface area contributed by atoms with E-state index in [4.69, 9.17) is 5.73 Å². The summed E-state index contributed by atoms with van der Waals surface area (Å²) in [6.07, 6.45) is 1.93. The van der Waals surface area contributed by atoms with Crippen LogP contribution in [0.1, 0.15) is 19.4 Å². The fourth-order valence-corrected chi connectivity index (χ4v) is 1.29. The number of benzene rings is 1. The van der Waals surface area contributed by atoms with Crippen molar-refractivity contribution in [1.82, 2.24) is 0 Å². The van der Waals surface area contributed by atoms with Crippen molar-refractivity contribution < 1.29 is 5.11 Å². The molecular formula is C11H15NO. The number of nitrogens with two attached hydrogens (primary N) is 1. The van der Waals surface area contributed by atoms with E-state index in [9.17, 15) is 5.11 Å². The number of aromatic hydroxyl groups is 1. The van der Waals surface area contributed by atoms with E-state index in [0.717, 1.165) is 11.1 Å². The summed E-state index contributed by atoms with van der Waals surface area (Å²) >= 11 is 0. The summed E-state index contributed by atoms with van der Waals surface area (Å²) in [5.74, 6) is 0.303. The van der Waals surface area contributed by atoms with Gasteiger partial charge < -0.3 is 10.8 Å². The number of rotatable bonds is 2. The first kappa shape index (κ1) is 9.81. The molecule has 0 spiro atoms. The van der Waals surface area contributed by atoms with E-state index in [2.05, 4.69) is 0 Å².